The van der Waals surface area contributed by atoms with E-state index in [4.69, 9.17) is 5.11 Å². The first-order valence-corrected chi connectivity index (χ1v) is 7.59. The molecule has 0 atom stereocenters. The van der Waals surface area contributed by atoms with Crippen LogP contribution in [-0.2, 0) is 11.2 Å². The van der Waals surface area contributed by atoms with Gasteiger partial charge in [-0.05, 0) is 57.0 Å². The van der Waals surface area contributed by atoms with Crippen LogP contribution in [0.5, 0.6) is 0 Å². The summed E-state index contributed by atoms with van der Waals surface area (Å²) in [5.41, 5.74) is 4.16. The fourth-order valence-corrected chi connectivity index (χ4v) is 2.54. The number of hydrogen-bond acceptors (Lipinski definition) is 3. The zero-order valence-electron chi connectivity index (χ0n) is 13.6. The minimum atomic E-state index is -0.817. The number of aryl methyl sites for hydroxylation is 1. The SMILES string of the molecule is CCNC(=O)c1ccc(-n2nc(C)c(CCC(=O)O)c2C)cc1. The van der Waals surface area contributed by atoms with Gasteiger partial charge in [0.15, 0.2) is 0 Å². The van der Waals surface area contributed by atoms with E-state index in [1.54, 1.807) is 16.8 Å². The van der Waals surface area contributed by atoms with Crippen molar-refractivity contribution in [1.29, 1.82) is 0 Å². The van der Waals surface area contributed by atoms with Crippen LogP contribution >= 0.6 is 0 Å². The molecule has 0 unspecified atom stereocenters. The number of benzene rings is 1. The second-order valence-corrected chi connectivity index (χ2v) is 5.36. The molecule has 2 aromatic rings. The van der Waals surface area contributed by atoms with E-state index >= 15 is 0 Å². The largest absolute Gasteiger partial charge is 0.481 e. The van der Waals surface area contributed by atoms with Gasteiger partial charge in [0.25, 0.3) is 5.91 Å². The topological polar surface area (TPSA) is 84.2 Å². The van der Waals surface area contributed by atoms with Crippen molar-refractivity contribution in [2.45, 2.75) is 33.6 Å². The summed E-state index contributed by atoms with van der Waals surface area (Å²) in [6.07, 6.45) is 0.549. The van der Waals surface area contributed by atoms with E-state index in [0.717, 1.165) is 22.6 Å². The zero-order chi connectivity index (χ0) is 17.0. The van der Waals surface area contributed by atoms with Crippen LogP contribution in [0.4, 0.5) is 0 Å². The van der Waals surface area contributed by atoms with Gasteiger partial charge in [0.05, 0.1) is 11.4 Å². The Kier molecular flexibility index (Phi) is 5.16. The second kappa shape index (κ2) is 7.09. The smallest absolute Gasteiger partial charge is 0.303 e. The number of carbonyl (C=O) groups excluding carboxylic acids is 1. The number of aromatic nitrogens is 2. The number of carboxylic acid groups (broad SMARTS) is 1. The van der Waals surface area contributed by atoms with E-state index in [9.17, 15) is 9.59 Å². The van der Waals surface area contributed by atoms with Crippen molar-refractivity contribution in [3.05, 3.63) is 46.8 Å². The molecular weight excluding hydrogens is 294 g/mol. The Morgan fingerprint density at radius 2 is 1.87 bits per heavy atom. The van der Waals surface area contributed by atoms with Crippen molar-refractivity contribution >= 4 is 11.9 Å². The summed E-state index contributed by atoms with van der Waals surface area (Å²) in [7, 11) is 0. The number of carboxylic acids is 1. The molecule has 0 saturated carbocycles. The molecule has 0 spiro atoms. The number of nitrogens with zero attached hydrogens (tertiary/aromatic N) is 2. The molecule has 1 aromatic carbocycles. The van der Waals surface area contributed by atoms with E-state index in [1.807, 2.05) is 32.9 Å². The van der Waals surface area contributed by atoms with Gasteiger partial charge in [0.2, 0.25) is 0 Å². The van der Waals surface area contributed by atoms with Gasteiger partial charge in [-0.25, -0.2) is 4.68 Å². The summed E-state index contributed by atoms with van der Waals surface area (Å²) in [4.78, 5) is 22.5. The van der Waals surface area contributed by atoms with Gasteiger partial charge < -0.3 is 10.4 Å². The van der Waals surface area contributed by atoms with Gasteiger partial charge in [0, 0.05) is 24.2 Å². The van der Waals surface area contributed by atoms with E-state index in [-0.39, 0.29) is 12.3 Å². The normalized spacial score (nSPS) is 10.6. The summed E-state index contributed by atoms with van der Waals surface area (Å²) in [6.45, 7) is 6.27. The molecule has 2 rings (SSSR count). The molecule has 23 heavy (non-hydrogen) atoms. The summed E-state index contributed by atoms with van der Waals surface area (Å²) in [5, 5.41) is 16.1. The molecule has 0 radical (unpaired) electrons. The number of rotatable bonds is 6. The van der Waals surface area contributed by atoms with Crippen LogP contribution in [0.3, 0.4) is 0 Å². The molecule has 1 amide bonds. The van der Waals surface area contributed by atoms with Crippen LogP contribution in [0.2, 0.25) is 0 Å². The van der Waals surface area contributed by atoms with Gasteiger partial charge >= 0.3 is 5.97 Å². The standard InChI is InChI=1S/C17H21N3O3/c1-4-18-17(23)13-5-7-14(8-6-13)20-12(3)15(11(2)19-20)9-10-16(21)22/h5-8H,4,9-10H2,1-3H3,(H,18,23)(H,21,22). The van der Waals surface area contributed by atoms with Gasteiger partial charge in [-0.15, -0.1) is 0 Å². The van der Waals surface area contributed by atoms with Crippen molar-refractivity contribution in [3.8, 4) is 5.69 Å². The molecule has 6 nitrogen and oxygen atoms in total. The Balaban J connectivity index is 2.27. The first kappa shape index (κ1) is 16.7. The minimum absolute atomic E-state index is 0.0868. The molecular formula is C17H21N3O3. The molecule has 2 N–H and O–H groups in total. The lowest BCUT2D eigenvalue weighted by atomic mass is 10.1. The zero-order valence-corrected chi connectivity index (χ0v) is 13.6. The summed E-state index contributed by atoms with van der Waals surface area (Å²) in [5.74, 6) is -0.919. The van der Waals surface area contributed by atoms with E-state index in [0.29, 0.717) is 18.5 Å². The van der Waals surface area contributed by atoms with Crippen molar-refractivity contribution in [1.82, 2.24) is 15.1 Å². The summed E-state index contributed by atoms with van der Waals surface area (Å²) in [6, 6.07) is 7.19. The molecule has 0 aliphatic carbocycles. The number of carbonyl (C=O) groups is 2. The molecule has 0 aliphatic heterocycles. The summed E-state index contributed by atoms with van der Waals surface area (Å²) >= 11 is 0. The van der Waals surface area contributed by atoms with Gasteiger partial charge in [-0.2, -0.15) is 5.10 Å². The maximum absolute atomic E-state index is 11.8. The van der Waals surface area contributed by atoms with E-state index < -0.39 is 5.97 Å². The van der Waals surface area contributed by atoms with Gasteiger partial charge in [-0.1, -0.05) is 0 Å². The maximum atomic E-state index is 11.8. The molecule has 1 heterocycles. The van der Waals surface area contributed by atoms with Crippen LogP contribution < -0.4 is 5.32 Å². The van der Waals surface area contributed by atoms with E-state index in [1.165, 1.54) is 0 Å². The highest BCUT2D eigenvalue weighted by molar-refractivity contribution is 5.94. The Bertz CT molecular complexity index is 717. The Hall–Kier alpha value is -2.63. The Morgan fingerprint density at radius 3 is 2.43 bits per heavy atom. The molecule has 6 heteroatoms. The van der Waals surface area contributed by atoms with Gasteiger partial charge in [0.1, 0.15) is 0 Å². The van der Waals surface area contributed by atoms with Crippen LogP contribution in [0.25, 0.3) is 5.69 Å². The number of hydrogen-bond donors (Lipinski definition) is 2. The lowest BCUT2D eigenvalue weighted by Gasteiger charge is -2.07. The van der Waals surface area contributed by atoms with Crippen LogP contribution in [0.15, 0.2) is 24.3 Å². The lowest BCUT2D eigenvalue weighted by molar-refractivity contribution is -0.136. The molecule has 0 bridgehead atoms. The Morgan fingerprint density at radius 1 is 1.22 bits per heavy atom. The van der Waals surface area contributed by atoms with Crippen molar-refractivity contribution < 1.29 is 14.7 Å². The van der Waals surface area contributed by atoms with Crippen LogP contribution in [-0.4, -0.2) is 33.3 Å². The third-order valence-corrected chi connectivity index (χ3v) is 3.74. The molecule has 0 fully saturated rings. The highest BCUT2D eigenvalue weighted by Gasteiger charge is 2.14. The average molecular weight is 315 g/mol. The van der Waals surface area contributed by atoms with Crippen LogP contribution in [0, 0.1) is 13.8 Å². The van der Waals surface area contributed by atoms with E-state index in [2.05, 4.69) is 10.4 Å². The molecule has 1 aromatic heterocycles. The highest BCUT2D eigenvalue weighted by atomic mass is 16.4. The lowest BCUT2D eigenvalue weighted by Crippen LogP contribution is -2.22. The quantitative estimate of drug-likeness (QED) is 0.856. The molecule has 0 aliphatic rings. The first-order valence-electron chi connectivity index (χ1n) is 7.59. The molecule has 122 valence electrons. The number of aliphatic carboxylic acids is 1. The fourth-order valence-electron chi connectivity index (χ4n) is 2.54. The third kappa shape index (κ3) is 3.77. The van der Waals surface area contributed by atoms with Crippen molar-refractivity contribution in [3.63, 3.8) is 0 Å². The predicted octanol–water partition coefficient (Wildman–Crippen LogP) is 2.26. The minimum Gasteiger partial charge on any atom is -0.481 e. The first-order chi connectivity index (χ1) is 10.9. The Labute approximate surface area is 135 Å². The van der Waals surface area contributed by atoms with Crippen LogP contribution in [0.1, 0.15) is 40.7 Å². The molecule has 0 saturated heterocycles. The predicted molar refractivity (Wildman–Crippen MR) is 87.0 cm³/mol. The van der Waals surface area contributed by atoms with Crippen molar-refractivity contribution in [2.75, 3.05) is 6.54 Å². The number of nitrogens with one attached hydrogen (secondary N) is 1. The van der Waals surface area contributed by atoms with Gasteiger partial charge in [-0.3, -0.25) is 9.59 Å². The monoisotopic (exact) mass is 315 g/mol. The van der Waals surface area contributed by atoms with Crippen molar-refractivity contribution in [2.24, 2.45) is 0 Å². The number of amides is 1. The third-order valence-electron chi connectivity index (χ3n) is 3.74. The fraction of sp³-hybridized carbons (Fsp3) is 0.353. The second-order valence-electron chi connectivity index (χ2n) is 5.36. The maximum Gasteiger partial charge on any atom is 0.303 e. The highest BCUT2D eigenvalue weighted by Crippen LogP contribution is 2.19. The average Bonchev–Trinajstić information content (AvgIpc) is 2.80. The summed E-state index contributed by atoms with van der Waals surface area (Å²) < 4.78 is 1.79.